The number of rotatable bonds is 3. The van der Waals surface area contributed by atoms with E-state index >= 15 is 0 Å². The number of methoxy groups -OCH3 is 1. The average molecular weight is 203 g/mol. The molecule has 0 saturated carbocycles. The third-order valence-corrected chi connectivity index (χ3v) is 1.60. The Morgan fingerprint density at radius 2 is 2.21 bits per heavy atom. The van der Waals surface area contributed by atoms with Crippen molar-refractivity contribution in [3.8, 4) is 5.88 Å². The Kier molecular flexibility index (Phi) is 2.95. The van der Waals surface area contributed by atoms with E-state index in [2.05, 4.69) is 9.72 Å². The molecular weight excluding hydrogens is 196 g/mol. The zero-order valence-corrected chi connectivity index (χ0v) is 7.21. The summed E-state index contributed by atoms with van der Waals surface area (Å²) >= 11 is 0. The largest absolute Gasteiger partial charge is 0.482 e. The van der Waals surface area contributed by atoms with Crippen LogP contribution in [0, 0.1) is 0 Å². The number of alkyl halides is 2. The number of hydrogen-bond donors (Lipinski definition) is 1. The summed E-state index contributed by atoms with van der Waals surface area (Å²) in [5, 5.41) is 0. The number of halogens is 2. The number of H-pyrrole nitrogens is 1. The molecule has 4 nitrogen and oxygen atoms in total. The molecule has 6 heteroatoms. The number of carbonyl (C=O) groups excluding carboxylic acids is 1. The summed E-state index contributed by atoms with van der Waals surface area (Å²) in [5.41, 5.74) is -1.79. The highest BCUT2D eigenvalue weighted by Gasteiger charge is 2.19. The van der Waals surface area contributed by atoms with Crippen molar-refractivity contribution in [2.24, 2.45) is 0 Å². The first-order chi connectivity index (χ1) is 6.60. The number of aromatic amines is 1. The first kappa shape index (κ1) is 10.4. The number of hydrogen-bond acceptors (Lipinski definition) is 3. The fraction of sp³-hybridized carbons (Fsp3) is 0.250. The van der Waals surface area contributed by atoms with Crippen molar-refractivity contribution in [1.29, 1.82) is 0 Å². The molecule has 0 aliphatic heterocycles. The molecule has 0 atom stereocenters. The van der Waals surface area contributed by atoms with E-state index in [1.54, 1.807) is 0 Å². The van der Waals surface area contributed by atoms with Crippen LogP contribution in [0.15, 0.2) is 10.9 Å². The van der Waals surface area contributed by atoms with Crippen LogP contribution in [-0.4, -0.2) is 18.4 Å². The van der Waals surface area contributed by atoms with Crippen LogP contribution in [0.2, 0.25) is 0 Å². The first-order valence-corrected chi connectivity index (χ1v) is 3.64. The van der Waals surface area contributed by atoms with Gasteiger partial charge in [0.1, 0.15) is 5.56 Å². The molecule has 0 unspecified atom stereocenters. The number of carbonyl (C=O) groups is 1. The van der Waals surface area contributed by atoms with Crippen LogP contribution in [-0.2, 0) is 0 Å². The summed E-state index contributed by atoms with van der Waals surface area (Å²) in [6.45, 7) is 0. The summed E-state index contributed by atoms with van der Waals surface area (Å²) in [5.74, 6) is -0.380. The SMILES string of the molecule is COc1[nH]c(C=O)cc(=O)c1C(F)F. The van der Waals surface area contributed by atoms with E-state index in [1.165, 1.54) is 0 Å². The summed E-state index contributed by atoms with van der Waals surface area (Å²) in [6.07, 6.45) is -2.59. The lowest BCUT2D eigenvalue weighted by atomic mass is 10.2. The van der Waals surface area contributed by atoms with Gasteiger partial charge in [0.05, 0.1) is 12.8 Å². The molecule has 0 radical (unpaired) electrons. The van der Waals surface area contributed by atoms with Gasteiger partial charge in [0, 0.05) is 6.07 Å². The second-order valence-corrected chi connectivity index (χ2v) is 2.45. The number of aldehydes is 1. The van der Waals surface area contributed by atoms with E-state index in [9.17, 15) is 18.4 Å². The van der Waals surface area contributed by atoms with E-state index in [4.69, 9.17) is 0 Å². The summed E-state index contributed by atoms with van der Waals surface area (Å²) in [4.78, 5) is 23.6. The van der Waals surface area contributed by atoms with Crippen molar-refractivity contribution in [1.82, 2.24) is 4.98 Å². The van der Waals surface area contributed by atoms with Crippen molar-refractivity contribution in [3.63, 3.8) is 0 Å². The van der Waals surface area contributed by atoms with E-state index in [0.29, 0.717) is 6.29 Å². The predicted molar refractivity (Wildman–Crippen MR) is 44.0 cm³/mol. The second kappa shape index (κ2) is 3.99. The molecule has 1 heterocycles. The van der Waals surface area contributed by atoms with Gasteiger partial charge in [0.2, 0.25) is 5.88 Å². The van der Waals surface area contributed by atoms with Gasteiger partial charge in [0.25, 0.3) is 6.43 Å². The minimum atomic E-state index is -2.94. The molecule has 1 aromatic rings. The van der Waals surface area contributed by atoms with Crippen molar-refractivity contribution in [2.45, 2.75) is 6.43 Å². The predicted octanol–water partition coefficient (Wildman–Crippen LogP) is 1.13. The average Bonchev–Trinajstić information content (AvgIpc) is 2.15. The van der Waals surface area contributed by atoms with Gasteiger partial charge in [-0.1, -0.05) is 0 Å². The molecule has 0 fully saturated rings. The van der Waals surface area contributed by atoms with Gasteiger partial charge in [-0.25, -0.2) is 8.78 Å². The van der Waals surface area contributed by atoms with E-state index in [-0.39, 0.29) is 11.6 Å². The normalized spacial score (nSPS) is 10.3. The van der Waals surface area contributed by atoms with Gasteiger partial charge < -0.3 is 9.72 Å². The Balaban J connectivity index is 3.42. The van der Waals surface area contributed by atoms with Crippen LogP contribution < -0.4 is 10.2 Å². The fourth-order valence-corrected chi connectivity index (χ4v) is 0.997. The quantitative estimate of drug-likeness (QED) is 0.749. The first-order valence-electron chi connectivity index (χ1n) is 3.64. The maximum atomic E-state index is 12.3. The molecule has 1 N–H and O–H groups in total. The molecule has 0 saturated heterocycles. The van der Waals surface area contributed by atoms with Gasteiger partial charge >= 0.3 is 0 Å². The van der Waals surface area contributed by atoms with E-state index in [0.717, 1.165) is 13.2 Å². The van der Waals surface area contributed by atoms with Crippen LogP contribution in [0.3, 0.4) is 0 Å². The third-order valence-electron chi connectivity index (χ3n) is 1.60. The Hall–Kier alpha value is -1.72. The van der Waals surface area contributed by atoms with Gasteiger partial charge in [-0.2, -0.15) is 0 Å². The van der Waals surface area contributed by atoms with Crippen molar-refractivity contribution >= 4 is 6.29 Å². The summed E-state index contributed by atoms with van der Waals surface area (Å²) in [6, 6.07) is 0.803. The zero-order chi connectivity index (χ0) is 10.7. The van der Waals surface area contributed by atoms with Gasteiger partial charge in [-0.05, 0) is 0 Å². The van der Waals surface area contributed by atoms with Crippen LogP contribution in [0.5, 0.6) is 5.88 Å². The Morgan fingerprint density at radius 3 is 2.64 bits per heavy atom. The molecule has 0 bridgehead atoms. The monoisotopic (exact) mass is 203 g/mol. The molecule has 1 aromatic heterocycles. The summed E-state index contributed by atoms with van der Waals surface area (Å²) < 4.78 is 29.2. The number of pyridine rings is 1. The minimum Gasteiger partial charge on any atom is -0.482 e. The number of ether oxygens (including phenoxy) is 1. The molecule has 0 aromatic carbocycles. The van der Waals surface area contributed by atoms with Gasteiger partial charge in [0.15, 0.2) is 11.7 Å². The molecule has 0 amide bonds. The van der Waals surface area contributed by atoms with Crippen molar-refractivity contribution in [2.75, 3.05) is 7.11 Å². The molecule has 0 aliphatic carbocycles. The lowest BCUT2D eigenvalue weighted by molar-refractivity contribution is 0.111. The van der Waals surface area contributed by atoms with E-state index < -0.39 is 17.4 Å². The van der Waals surface area contributed by atoms with E-state index in [1.807, 2.05) is 0 Å². The molecule has 14 heavy (non-hydrogen) atoms. The highest BCUT2D eigenvalue weighted by atomic mass is 19.3. The highest BCUT2D eigenvalue weighted by Crippen LogP contribution is 2.23. The van der Waals surface area contributed by atoms with Gasteiger partial charge in [-0.15, -0.1) is 0 Å². The number of nitrogens with one attached hydrogen (secondary N) is 1. The molecule has 1 rings (SSSR count). The van der Waals surface area contributed by atoms with Crippen LogP contribution in [0.1, 0.15) is 22.5 Å². The van der Waals surface area contributed by atoms with Crippen molar-refractivity contribution < 1.29 is 18.3 Å². The van der Waals surface area contributed by atoms with Crippen LogP contribution in [0.25, 0.3) is 0 Å². The molecular formula is C8H7F2NO3. The second-order valence-electron chi connectivity index (χ2n) is 2.45. The van der Waals surface area contributed by atoms with Crippen LogP contribution >= 0.6 is 0 Å². The lowest BCUT2D eigenvalue weighted by Crippen LogP contribution is -2.13. The highest BCUT2D eigenvalue weighted by molar-refractivity contribution is 5.72. The van der Waals surface area contributed by atoms with Gasteiger partial charge in [-0.3, -0.25) is 9.59 Å². The summed E-state index contributed by atoms with van der Waals surface area (Å²) in [7, 11) is 1.13. The van der Waals surface area contributed by atoms with Crippen molar-refractivity contribution in [3.05, 3.63) is 27.5 Å². The Bertz CT molecular complexity index is 400. The maximum absolute atomic E-state index is 12.3. The molecule has 76 valence electrons. The molecule has 0 spiro atoms. The smallest absolute Gasteiger partial charge is 0.272 e. The lowest BCUT2D eigenvalue weighted by Gasteiger charge is -2.06. The topological polar surface area (TPSA) is 59.2 Å². The third kappa shape index (κ3) is 1.78. The number of aromatic nitrogens is 1. The maximum Gasteiger partial charge on any atom is 0.272 e. The Labute approximate surface area is 77.5 Å². The molecule has 0 aliphatic rings. The standard InChI is InChI=1S/C8H7F2NO3/c1-14-8-6(7(9)10)5(13)2-4(3-12)11-8/h2-3,7H,1H3,(H,11,13). The minimum absolute atomic E-state index is 0.101. The Morgan fingerprint density at radius 1 is 1.57 bits per heavy atom. The zero-order valence-electron chi connectivity index (χ0n) is 7.21. The van der Waals surface area contributed by atoms with Crippen LogP contribution in [0.4, 0.5) is 8.78 Å². The fourth-order valence-electron chi connectivity index (χ4n) is 0.997.